The number of halogens is 3. The largest absolute Gasteiger partial charge is 0.416 e. The predicted octanol–water partition coefficient (Wildman–Crippen LogP) is 4.25. The van der Waals surface area contributed by atoms with Crippen molar-refractivity contribution in [2.75, 3.05) is 16.3 Å². The topological polar surface area (TPSA) is 75.3 Å². The van der Waals surface area contributed by atoms with E-state index in [1.165, 1.54) is 0 Å². The van der Waals surface area contributed by atoms with Gasteiger partial charge in [0.1, 0.15) is 0 Å². The summed E-state index contributed by atoms with van der Waals surface area (Å²) in [5.41, 5.74) is -0.599. The Morgan fingerprint density at radius 3 is 2.26 bits per heavy atom. The molecule has 9 heteroatoms. The monoisotopic (exact) mass is 404 g/mol. The Labute approximate surface area is 157 Å². The van der Waals surface area contributed by atoms with Gasteiger partial charge in [0, 0.05) is 0 Å². The van der Waals surface area contributed by atoms with Crippen LogP contribution in [0, 0.1) is 17.3 Å². The van der Waals surface area contributed by atoms with Crippen molar-refractivity contribution < 1.29 is 26.4 Å². The summed E-state index contributed by atoms with van der Waals surface area (Å²) >= 11 is 0. The molecule has 0 aliphatic heterocycles. The number of nitrogens with one attached hydrogen (secondary N) is 2. The fraction of sp³-hybridized carbons (Fsp3) is 0.500. The van der Waals surface area contributed by atoms with Gasteiger partial charge in [-0.25, -0.2) is 8.42 Å². The van der Waals surface area contributed by atoms with Gasteiger partial charge in [0.25, 0.3) is 0 Å². The molecule has 0 aromatic heterocycles. The highest BCUT2D eigenvalue weighted by Crippen LogP contribution is 2.59. The zero-order valence-corrected chi connectivity index (χ0v) is 16.5. The third-order valence-electron chi connectivity index (χ3n) is 4.61. The molecule has 5 nitrogen and oxygen atoms in total. The third-order valence-corrected chi connectivity index (χ3v) is 5.20. The van der Waals surface area contributed by atoms with Crippen molar-refractivity contribution >= 4 is 27.3 Å². The average Bonchev–Trinajstić information content (AvgIpc) is 2.98. The van der Waals surface area contributed by atoms with Gasteiger partial charge in [-0.1, -0.05) is 25.5 Å². The van der Waals surface area contributed by atoms with Gasteiger partial charge in [-0.3, -0.25) is 9.52 Å². The van der Waals surface area contributed by atoms with Gasteiger partial charge in [0.15, 0.2) is 0 Å². The van der Waals surface area contributed by atoms with Gasteiger partial charge in [-0.15, -0.1) is 0 Å². The summed E-state index contributed by atoms with van der Waals surface area (Å²) in [6.07, 6.45) is -1.77. The number of alkyl halides is 3. The molecule has 150 valence electrons. The van der Waals surface area contributed by atoms with Crippen LogP contribution in [0.5, 0.6) is 0 Å². The molecule has 0 heterocycles. The summed E-state index contributed by atoms with van der Waals surface area (Å²) in [7, 11) is -3.73. The maximum atomic E-state index is 13.0. The SMILES string of the molecule is CC(C)=CC1C(C(=O)Nc2cc(C(F)(F)F)ccc2NS(C)(=O)=O)C1(C)C. The van der Waals surface area contributed by atoms with Crippen molar-refractivity contribution in [2.45, 2.75) is 33.9 Å². The molecule has 1 aliphatic rings. The molecule has 1 aromatic rings. The highest BCUT2D eigenvalue weighted by molar-refractivity contribution is 7.92. The minimum Gasteiger partial charge on any atom is -0.324 e. The zero-order valence-electron chi connectivity index (χ0n) is 15.7. The molecule has 27 heavy (non-hydrogen) atoms. The minimum atomic E-state index is -4.62. The molecule has 0 bridgehead atoms. The van der Waals surface area contributed by atoms with E-state index >= 15 is 0 Å². The number of carbonyl (C=O) groups excluding carboxylic acids is 1. The van der Waals surface area contributed by atoms with Crippen LogP contribution in [-0.2, 0) is 21.0 Å². The van der Waals surface area contributed by atoms with E-state index < -0.39 is 33.6 Å². The Kier molecular flexibility index (Phi) is 5.40. The molecular formula is C18H23F3N2O3S. The first kappa shape index (κ1) is 21.3. The summed E-state index contributed by atoms with van der Waals surface area (Å²) in [5.74, 6) is -0.883. The number of hydrogen-bond acceptors (Lipinski definition) is 3. The number of sulfonamides is 1. The maximum Gasteiger partial charge on any atom is 0.416 e. The first-order chi connectivity index (χ1) is 12.1. The standard InChI is InChI=1S/C18H23F3N2O3S/c1-10(2)8-12-15(17(12,3)4)16(24)22-14-9-11(18(19,20)21)6-7-13(14)23-27(5,25)26/h6-9,12,15,23H,1-5H3,(H,22,24). The number of benzene rings is 1. The Hall–Kier alpha value is -2.03. The number of rotatable bonds is 5. The molecule has 1 aromatic carbocycles. The predicted molar refractivity (Wildman–Crippen MR) is 98.7 cm³/mol. The van der Waals surface area contributed by atoms with Gasteiger partial charge in [0.2, 0.25) is 15.9 Å². The van der Waals surface area contributed by atoms with Crippen LogP contribution in [0.2, 0.25) is 0 Å². The highest BCUT2D eigenvalue weighted by atomic mass is 32.2. The first-order valence-corrected chi connectivity index (χ1v) is 10.2. The van der Waals surface area contributed by atoms with Crippen molar-refractivity contribution in [1.82, 2.24) is 0 Å². The quantitative estimate of drug-likeness (QED) is 0.721. The molecule has 1 saturated carbocycles. The van der Waals surface area contributed by atoms with E-state index in [2.05, 4.69) is 10.0 Å². The van der Waals surface area contributed by atoms with Gasteiger partial charge in [0.05, 0.1) is 29.1 Å². The van der Waals surface area contributed by atoms with Crippen LogP contribution in [0.4, 0.5) is 24.5 Å². The van der Waals surface area contributed by atoms with Crippen LogP contribution in [-0.4, -0.2) is 20.6 Å². The third kappa shape index (κ3) is 5.03. The van der Waals surface area contributed by atoms with Crippen molar-refractivity contribution in [3.63, 3.8) is 0 Å². The van der Waals surface area contributed by atoms with Crippen LogP contribution < -0.4 is 10.0 Å². The molecule has 1 fully saturated rings. The van der Waals surface area contributed by atoms with Crippen LogP contribution in [0.1, 0.15) is 33.3 Å². The Bertz CT molecular complexity index is 886. The Balaban J connectivity index is 2.35. The lowest BCUT2D eigenvalue weighted by atomic mass is 10.1. The number of amides is 1. The summed E-state index contributed by atoms with van der Waals surface area (Å²) in [5, 5.41) is 2.47. The summed E-state index contributed by atoms with van der Waals surface area (Å²) in [6, 6.07) is 2.48. The minimum absolute atomic E-state index is 0.0281. The lowest BCUT2D eigenvalue weighted by Gasteiger charge is -2.15. The van der Waals surface area contributed by atoms with E-state index in [1.54, 1.807) is 0 Å². The summed E-state index contributed by atoms with van der Waals surface area (Å²) in [6.45, 7) is 7.63. The van der Waals surface area contributed by atoms with Crippen LogP contribution >= 0.6 is 0 Å². The molecule has 2 rings (SSSR count). The van der Waals surface area contributed by atoms with E-state index in [0.29, 0.717) is 0 Å². The van der Waals surface area contributed by atoms with Gasteiger partial charge in [-0.05, 0) is 43.4 Å². The fourth-order valence-electron chi connectivity index (χ4n) is 3.17. The maximum absolute atomic E-state index is 13.0. The summed E-state index contributed by atoms with van der Waals surface area (Å²) < 4.78 is 64.2. The number of hydrogen-bond donors (Lipinski definition) is 2. The van der Waals surface area contributed by atoms with E-state index in [0.717, 1.165) is 30.0 Å². The smallest absolute Gasteiger partial charge is 0.324 e. The van der Waals surface area contributed by atoms with E-state index in [4.69, 9.17) is 0 Å². The molecule has 2 atom stereocenters. The summed E-state index contributed by atoms with van der Waals surface area (Å²) in [4.78, 5) is 12.7. The van der Waals surface area contributed by atoms with Crippen LogP contribution in [0.25, 0.3) is 0 Å². The molecule has 0 spiro atoms. The second-order valence-corrected chi connectivity index (χ2v) is 9.44. The second kappa shape index (κ2) is 6.85. The van der Waals surface area contributed by atoms with E-state index in [9.17, 15) is 26.4 Å². The zero-order chi connectivity index (χ0) is 20.8. The van der Waals surface area contributed by atoms with Crippen LogP contribution in [0.3, 0.4) is 0 Å². The number of anilines is 2. The highest BCUT2D eigenvalue weighted by Gasteiger charge is 2.60. The van der Waals surface area contributed by atoms with Gasteiger partial charge < -0.3 is 5.32 Å². The molecule has 1 amide bonds. The molecule has 2 unspecified atom stereocenters. The lowest BCUT2D eigenvalue weighted by molar-refractivity contribution is -0.137. The van der Waals surface area contributed by atoms with Crippen molar-refractivity contribution in [1.29, 1.82) is 0 Å². The molecule has 1 aliphatic carbocycles. The number of allylic oxidation sites excluding steroid dienone is 2. The normalized spacial score (nSPS) is 21.3. The van der Waals surface area contributed by atoms with Gasteiger partial charge >= 0.3 is 6.18 Å². The first-order valence-electron chi connectivity index (χ1n) is 8.28. The van der Waals surface area contributed by atoms with Crippen molar-refractivity contribution in [3.8, 4) is 0 Å². The molecule has 2 N–H and O–H groups in total. The Morgan fingerprint density at radius 2 is 1.78 bits per heavy atom. The molecule has 0 radical (unpaired) electrons. The van der Waals surface area contributed by atoms with Gasteiger partial charge in [-0.2, -0.15) is 13.2 Å². The van der Waals surface area contributed by atoms with Crippen molar-refractivity contribution in [3.05, 3.63) is 35.4 Å². The van der Waals surface area contributed by atoms with Crippen molar-refractivity contribution in [2.24, 2.45) is 17.3 Å². The lowest BCUT2D eigenvalue weighted by Crippen LogP contribution is -2.20. The number of carbonyl (C=O) groups is 1. The Morgan fingerprint density at radius 1 is 1.19 bits per heavy atom. The van der Waals surface area contributed by atoms with E-state index in [1.807, 2.05) is 33.8 Å². The fourth-order valence-corrected chi connectivity index (χ4v) is 3.75. The van der Waals surface area contributed by atoms with Crippen LogP contribution in [0.15, 0.2) is 29.8 Å². The molecular weight excluding hydrogens is 381 g/mol. The molecule has 0 saturated heterocycles. The average molecular weight is 404 g/mol. The second-order valence-electron chi connectivity index (χ2n) is 7.69. The van der Waals surface area contributed by atoms with E-state index in [-0.39, 0.29) is 22.7 Å².